The van der Waals surface area contributed by atoms with Crippen LogP contribution in [-0.2, 0) is 27.8 Å². The zero-order chi connectivity index (χ0) is 20.1. The number of benzene rings is 2. The quantitative estimate of drug-likeness (QED) is 0.640. The van der Waals surface area contributed by atoms with Gasteiger partial charge in [-0.2, -0.15) is 21.6 Å². The Labute approximate surface area is 160 Å². The molecule has 148 valence electrons. The van der Waals surface area contributed by atoms with Crippen molar-refractivity contribution in [1.82, 2.24) is 0 Å². The molecule has 0 aliphatic carbocycles. The van der Waals surface area contributed by atoms with Crippen LogP contribution in [0.15, 0.2) is 42.5 Å². The monoisotopic (exact) mass is 423 g/mol. The number of hydrogen-bond acceptors (Lipinski definition) is 4. The molecule has 0 saturated heterocycles. The average molecular weight is 424 g/mol. The number of halogens is 4. The van der Waals surface area contributed by atoms with Crippen LogP contribution in [0.1, 0.15) is 11.1 Å². The van der Waals surface area contributed by atoms with E-state index in [-0.39, 0.29) is 5.69 Å². The van der Waals surface area contributed by atoms with Gasteiger partial charge in [0.25, 0.3) is 0 Å². The van der Waals surface area contributed by atoms with E-state index < -0.39 is 15.5 Å². The molecule has 1 N–H and O–H groups in total. The molecule has 10 heteroatoms. The molecule has 0 atom stereocenters. The second-order valence-electron chi connectivity index (χ2n) is 5.52. The minimum Gasteiger partial charge on any atom is -0.495 e. The third kappa shape index (κ3) is 6.02. The molecule has 0 amide bonds. The molecule has 0 radical (unpaired) electrons. The predicted octanol–water partition coefficient (Wildman–Crippen LogP) is 4.37. The van der Waals surface area contributed by atoms with E-state index in [1.807, 2.05) is 0 Å². The molecule has 0 unspecified atom stereocenters. The van der Waals surface area contributed by atoms with Crippen LogP contribution < -0.4 is 9.46 Å². The van der Waals surface area contributed by atoms with E-state index in [2.05, 4.69) is 0 Å². The van der Waals surface area contributed by atoms with Gasteiger partial charge in [-0.1, -0.05) is 29.8 Å². The summed E-state index contributed by atoms with van der Waals surface area (Å²) in [5.41, 5.74) is -4.06. The van der Waals surface area contributed by atoms with Gasteiger partial charge in [-0.05, 0) is 41.8 Å². The normalized spacial score (nSPS) is 12.0. The van der Waals surface area contributed by atoms with Gasteiger partial charge >= 0.3 is 15.5 Å². The Morgan fingerprint density at radius 1 is 1.11 bits per heavy atom. The average Bonchev–Trinajstić information content (AvgIpc) is 2.58. The maximum atomic E-state index is 12.4. The minimum absolute atomic E-state index is 0.160. The van der Waals surface area contributed by atoms with Gasteiger partial charge in [0.05, 0.1) is 25.3 Å². The Kier molecular flexibility index (Phi) is 6.96. The van der Waals surface area contributed by atoms with E-state index in [1.165, 1.54) is 30.0 Å². The van der Waals surface area contributed by atoms with Crippen molar-refractivity contribution in [2.45, 2.75) is 18.5 Å². The zero-order valence-corrected chi connectivity index (χ0v) is 15.8. The van der Waals surface area contributed by atoms with Crippen molar-refractivity contribution in [3.63, 3.8) is 0 Å². The summed E-state index contributed by atoms with van der Waals surface area (Å²) in [6.45, 7) is 0.587. The van der Waals surface area contributed by atoms with E-state index in [4.69, 9.17) is 21.1 Å². The second-order valence-corrected chi connectivity index (χ2v) is 7.60. The van der Waals surface area contributed by atoms with Crippen molar-refractivity contribution in [3.05, 3.63) is 58.6 Å². The second kappa shape index (κ2) is 8.81. The van der Waals surface area contributed by atoms with Crippen molar-refractivity contribution in [1.29, 1.82) is 0 Å². The molecule has 2 rings (SSSR count). The molecule has 0 spiro atoms. The maximum Gasteiger partial charge on any atom is 0.516 e. The fraction of sp³-hybridized carbons (Fsp3) is 0.294. The number of rotatable bonds is 8. The fourth-order valence-corrected chi connectivity index (χ4v) is 3.02. The first-order valence-corrected chi connectivity index (χ1v) is 9.56. The number of methoxy groups -OCH3 is 1. The highest BCUT2D eigenvalue weighted by Gasteiger charge is 2.46. The molecule has 2 aromatic rings. The highest BCUT2D eigenvalue weighted by molar-refractivity contribution is 7.93. The Bertz CT molecular complexity index is 888. The molecule has 0 aliphatic heterocycles. The van der Waals surface area contributed by atoms with E-state index >= 15 is 0 Å². The minimum atomic E-state index is -5.44. The topological polar surface area (TPSA) is 64.6 Å². The predicted molar refractivity (Wildman–Crippen MR) is 96.4 cm³/mol. The van der Waals surface area contributed by atoms with Gasteiger partial charge < -0.3 is 9.47 Å². The third-order valence-electron chi connectivity index (χ3n) is 3.50. The third-order valence-corrected chi connectivity index (χ3v) is 4.91. The number of alkyl halides is 3. The number of hydrogen-bond donors (Lipinski definition) is 1. The zero-order valence-electron chi connectivity index (χ0n) is 14.2. The molecule has 2 aromatic carbocycles. The van der Waals surface area contributed by atoms with Crippen LogP contribution >= 0.6 is 11.6 Å². The number of nitrogens with one attached hydrogen (secondary N) is 1. The van der Waals surface area contributed by atoms with Gasteiger partial charge in [0.15, 0.2) is 0 Å². The van der Waals surface area contributed by atoms with Crippen LogP contribution in [-0.4, -0.2) is 27.6 Å². The molecule has 0 saturated carbocycles. The van der Waals surface area contributed by atoms with Crippen molar-refractivity contribution in [2.75, 3.05) is 18.4 Å². The lowest BCUT2D eigenvalue weighted by molar-refractivity contribution is -0.0429. The van der Waals surface area contributed by atoms with E-state index in [0.717, 1.165) is 5.56 Å². The summed E-state index contributed by atoms with van der Waals surface area (Å²) in [5, 5.41) is 0.461. The standard InChI is InChI=1S/C17H17ClF3NO4S/c1-25-16-6-5-13(10-15(16)18)11-26-8-7-12-3-2-4-14(9-12)22-27(23,24)17(19,20)21/h2-6,9-10,22H,7-8,11H2,1H3. The summed E-state index contributed by atoms with van der Waals surface area (Å²) in [6.07, 6.45) is 0.394. The summed E-state index contributed by atoms with van der Waals surface area (Å²) in [6, 6.07) is 10.9. The number of ether oxygens (including phenoxy) is 2. The lowest BCUT2D eigenvalue weighted by Crippen LogP contribution is -2.29. The smallest absolute Gasteiger partial charge is 0.495 e. The van der Waals surface area contributed by atoms with Crippen molar-refractivity contribution < 1.29 is 31.1 Å². The molecule has 0 heterocycles. The van der Waals surface area contributed by atoms with Gasteiger partial charge in [0.1, 0.15) is 5.75 Å². The van der Waals surface area contributed by atoms with Gasteiger partial charge in [0.2, 0.25) is 0 Å². The Morgan fingerprint density at radius 3 is 2.48 bits per heavy atom. The van der Waals surface area contributed by atoms with Crippen LogP contribution in [0.5, 0.6) is 5.75 Å². The Hall–Kier alpha value is -1.97. The van der Waals surface area contributed by atoms with Gasteiger partial charge in [-0.25, -0.2) is 0 Å². The molecule has 0 fully saturated rings. The molecule has 0 bridgehead atoms. The molecule has 0 aromatic heterocycles. The van der Waals surface area contributed by atoms with Crippen LogP contribution in [0.4, 0.5) is 18.9 Å². The van der Waals surface area contributed by atoms with E-state index in [0.29, 0.717) is 36.0 Å². The highest BCUT2D eigenvalue weighted by Crippen LogP contribution is 2.26. The highest BCUT2D eigenvalue weighted by atomic mass is 35.5. The summed E-state index contributed by atoms with van der Waals surface area (Å²) < 4.78 is 71.6. The summed E-state index contributed by atoms with van der Waals surface area (Å²) in [4.78, 5) is 0. The SMILES string of the molecule is COc1ccc(COCCc2cccc(NS(=O)(=O)C(F)(F)F)c2)cc1Cl. The van der Waals surface area contributed by atoms with Gasteiger partial charge in [-0.3, -0.25) is 4.72 Å². The summed E-state index contributed by atoms with van der Waals surface area (Å²) in [5.74, 6) is 0.554. The van der Waals surface area contributed by atoms with Crippen LogP contribution in [0.2, 0.25) is 5.02 Å². The fourth-order valence-electron chi connectivity index (χ4n) is 2.18. The molecular formula is C17H17ClF3NO4S. The van der Waals surface area contributed by atoms with E-state index in [1.54, 1.807) is 24.3 Å². The van der Waals surface area contributed by atoms with Crippen LogP contribution in [0.3, 0.4) is 0 Å². The summed E-state index contributed by atoms with van der Waals surface area (Å²) in [7, 11) is -3.93. The number of anilines is 1. The molecular weight excluding hydrogens is 407 g/mol. The number of sulfonamides is 1. The molecule has 0 aliphatic rings. The van der Waals surface area contributed by atoms with Gasteiger partial charge in [0, 0.05) is 5.69 Å². The lowest BCUT2D eigenvalue weighted by atomic mass is 10.1. The summed E-state index contributed by atoms with van der Waals surface area (Å²) >= 11 is 6.02. The van der Waals surface area contributed by atoms with Crippen molar-refractivity contribution in [3.8, 4) is 5.75 Å². The molecule has 5 nitrogen and oxygen atoms in total. The maximum absolute atomic E-state index is 12.4. The first-order valence-electron chi connectivity index (χ1n) is 7.70. The lowest BCUT2D eigenvalue weighted by Gasteiger charge is -2.11. The molecule has 27 heavy (non-hydrogen) atoms. The van der Waals surface area contributed by atoms with E-state index in [9.17, 15) is 21.6 Å². The van der Waals surface area contributed by atoms with Gasteiger partial charge in [-0.15, -0.1) is 0 Å². The van der Waals surface area contributed by atoms with Crippen LogP contribution in [0, 0.1) is 0 Å². The van der Waals surface area contributed by atoms with Crippen LogP contribution in [0.25, 0.3) is 0 Å². The van der Waals surface area contributed by atoms with Crippen molar-refractivity contribution in [2.24, 2.45) is 0 Å². The van der Waals surface area contributed by atoms with Crippen molar-refractivity contribution >= 4 is 27.3 Å². The Morgan fingerprint density at radius 2 is 1.85 bits per heavy atom. The Balaban J connectivity index is 1.89. The largest absolute Gasteiger partial charge is 0.516 e. The first-order chi connectivity index (χ1) is 12.6. The first kappa shape index (κ1) is 21.3.